The Morgan fingerprint density at radius 2 is 2.13 bits per heavy atom. The van der Waals surface area contributed by atoms with E-state index in [0.29, 0.717) is 37.4 Å². The summed E-state index contributed by atoms with van der Waals surface area (Å²) in [6, 6.07) is 6.22. The predicted molar refractivity (Wildman–Crippen MR) is 120 cm³/mol. The highest BCUT2D eigenvalue weighted by atomic mass is 16.5. The average Bonchev–Trinajstić information content (AvgIpc) is 3.41. The van der Waals surface area contributed by atoms with Gasteiger partial charge in [-0.2, -0.15) is 4.98 Å². The fourth-order valence-electron chi connectivity index (χ4n) is 3.18. The zero-order chi connectivity index (χ0) is 22.3. The first-order chi connectivity index (χ1) is 14.8. The lowest BCUT2D eigenvalue weighted by atomic mass is 9.97. The Labute approximate surface area is 184 Å². The molecule has 0 spiro atoms. The number of benzene rings is 1. The Hall–Kier alpha value is -2.61. The van der Waals surface area contributed by atoms with Crippen LogP contribution in [0, 0.1) is 6.92 Å². The van der Waals surface area contributed by atoms with Crippen molar-refractivity contribution in [3.63, 3.8) is 0 Å². The van der Waals surface area contributed by atoms with E-state index in [1.807, 2.05) is 27.7 Å². The molecule has 170 valence electrons. The van der Waals surface area contributed by atoms with Gasteiger partial charge in [-0.3, -0.25) is 0 Å². The standard InChI is InChI=1S/C23H35N5O3/c1-6-24-22(26-14-20-27-21(31-28-20)23(3,4)5)25-13-17-10-9-16(2)12-19(17)30-15-18-8-7-11-29-18/h9-10,12,18H,6-8,11,13-15H2,1-5H3,(H2,24,25,26). The molecule has 1 atom stereocenters. The largest absolute Gasteiger partial charge is 0.491 e. The van der Waals surface area contributed by atoms with Crippen molar-refractivity contribution >= 4 is 5.96 Å². The Balaban J connectivity index is 1.63. The number of hydrogen-bond donors (Lipinski definition) is 2. The molecule has 0 saturated carbocycles. The van der Waals surface area contributed by atoms with E-state index in [1.54, 1.807) is 0 Å². The smallest absolute Gasteiger partial charge is 0.232 e. The van der Waals surface area contributed by atoms with E-state index in [9.17, 15) is 0 Å². The molecule has 1 aliphatic rings. The summed E-state index contributed by atoms with van der Waals surface area (Å²) in [5.41, 5.74) is 2.03. The number of hydrogen-bond acceptors (Lipinski definition) is 6. The molecule has 8 heteroatoms. The first kappa shape index (κ1) is 23.1. The normalized spacial score (nSPS) is 17.1. The van der Waals surface area contributed by atoms with Gasteiger partial charge in [0.2, 0.25) is 5.89 Å². The summed E-state index contributed by atoms with van der Waals surface area (Å²) < 4.78 is 17.1. The molecule has 1 aromatic heterocycles. The molecule has 31 heavy (non-hydrogen) atoms. The molecule has 2 aromatic rings. The van der Waals surface area contributed by atoms with E-state index in [1.165, 1.54) is 0 Å². The third-order valence-corrected chi connectivity index (χ3v) is 4.95. The van der Waals surface area contributed by atoms with Crippen LogP contribution in [0.15, 0.2) is 27.7 Å². The van der Waals surface area contributed by atoms with Gasteiger partial charge in [0.1, 0.15) is 12.4 Å². The van der Waals surface area contributed by atoms with Crippen molar-refractivity contribution in [2.45, 2.75) is 72.1 Å². The van der Waals surface area contributed by atoms with Crippen molar-refractivity contribution in [2.75, 3.05) is 19.8 Å². The van der Waals surface area contributed by atoms with Crippen LogP contribution in [0.3, 0.4) is 0 Å². The molecule has 1 unspecified atom stereocenters. The molecule has 3 rings (SSSR count). The van der Waals surface area contributed by atoms with Crippen molar-refractivity contribution in [2.24, 2.45) is 4.99 Å². The molecule has 0 aliphatic carbocycles. The van der Waals surface area contributed by atoms with Crippen LogP contribution in [0.25, 0.3) is 0 Å². The van der Waals surface area contributed by atoms with Gasteiger partial charge in [0.25, 0.3) is 0 Å². The number of ether oxygens (including phenoxy) is 2. The average molecular weight is 430 g/mol. The number of aromatic nitrogens is 2. The topological polar surface area (TPSA) is 93.8 Å². The van der Waals surface area contributed by atoms with Crippen LogP contribution >= 0.6 is 0 Å². The van der Waals surface area contributed by atoms with Crippen LogP contribution in [-0.4, -0.2) is 42.0 Å². The van der Waals surface area contributed by atoms with E-state index < -0.39 is 0 Å². The molecule has 0 amide bonds. The number of nitrogens with one attached hydrogen (secondary N) is 2. The molecule has 1 saturated heterocycles. The van der Waals surface area contributed by atoms with Crippen LogP contribution in [0.1, 0.15) is 63.4 Å². The molecule has 2 N–H and O–H groups in total. The first-order valence-electron chi connectivity index (χ1n) is 11.0. The van der Waals surface area contributed by atoms with Gasteiger partial charge in [-0.15, -0.1) is 0 Å². The second-order valence-corrected chi connectivity index (χ2v) is 8.87. The van der Waals surface area contributed by atoms with Gasteiger partial charge in [-0.1, -0.05) is 38.1 Å². The maximum Gasteiger partial charge on any atom is 0.232 e. The van der Waals surface area contributed by atoms with Crippen LogP contribution < -0.4 is 15.4 Å². The van der Waals surface area contributed by atoms with Gasteiger partial charge >= 0.3 is 0 Å². The van der Waals surface area contributed by atoms with Gasteiger partial charge in [-0.25, -0.2) is 4.99 Å². The lowest BCUT2D eigenvalue weighted by Gasteiger charge is -2.15. The number of guanidine groups is 1. The van der Waals surface area contributed by atoms with E-state index in [2.05, 4.69) is 45.9 Å². The molecule has 1 aliphatic heterocycles. The minimum absolute atomic E-state index is 0.171. The highest BCUT2D eigenvalue weighted by Crippen LogP contribution is 2.23. The van der Waals surface area contributed by atoms with Gasteiger partial charge in [0.05, 0.1) is 19.2 Å². The van der Waals surface area contributed by atoms with Crippen LogP contribution in [0.2, 0.25) is 0 Å². The van der Waals surface area contributed by atoms with Crippen molar-refractivity contribution in [1.29, 1.82) is 0 Å². The fraction of sp³-hybridized carbons (Fsp3) is 0.609. The summed E-state index contributed by atoms with van der Waals surface area (Å²) in [5, 5.41) is 10.6. The summed E-state index contributed by atoms with van der Waals surface area (Å²) in [6.45, 7) is 13.3. The zero-order valence-corrected chi connectivity index (χ0v) is 19.3. The highest BCUT2D eigenvalue weighted by Gasteiger charge is 2.21. The quantitative estimate of drug-likeness (QED) is 0.490. The third-order valence-electron chi connectivity index (χ3n) is 4.95. The Bertz CT molecular complexity index is 866. The maximum absolute atomic E-state index is 6.09. The first-order valence-corrected chi connectivity index (χ1v) is 11.0. The van der Waals surface area contributed by atoms with Crippen LogP contribution in [0.5, 0.6) is 5.75 Å². The van der Waals surface area contributed by atoms with E-state index >= 15 is 0 Å². The third kappa shape index (κ3) is 6.95. The fourth-order valence-corrected chi connectivity index (χ4v) is 3.18. The van der Waals surface area contributed by atoms with Crippen molar-refractivity contribution in [3.8, 4) is 5.75 Å². The number of nitrogens with zero attached hydrogens (tertiary/aromatic N) is 3. The maximum atomic E-state index is 6.09. The minimum Gasteiger partial charge on any atom is -0.491 e. The molecular formula is C23H35N5O3. The van der Waals surface area contributed by atoms with E-state index in [-0.39, 0.29) is 11.5 Å². The second-order valence-electron chi connectivity index (χ2n) is 8.87. The van der Waals surface area contributed by atoms with Gasteiger partial charge in [-0.05, 0) is 38.3 Å². The summed E-state index contributed by atoms with van der Waals surface area (Å²) in [4.78, 5) is 9.18. The lowest BCUT2D eigenvalue weighted by molar-refractivity contribution is 0.0676. The minimum atomic E-state index is -0.171. The Kier molecular flexibility index (Phi) is 7.90. The van der Waals surface area contributed by atoms with Gasteiger partial charge in [0, 0.05) is 24.1 Å². The van der Waals surface area contributed by atoms with E-state index in [0.717, 1.165) is 42.9 Å². The lowest BCUT2D eigenvalue weighted by Crippen LogP contribution is -2.37. The van der Waals surface area contributed by atoms with Crippen molar-refractivity contribution in [1.82, 2.24) is 20.8 Å². The van der Waals surface area contributed by atoms with Crippen molar-refractivity contribution in [3.05, 3.63) is 41.0 Å². The van der Waals surface area contributed by atoms with Crippen molar-refractivity contribution < 1.29 is 14.0 Å². The SMILES string of the molecule is CCNC(=NCc1ccc(C)cc1OCC1CCCO1)NCc1noc(C(C)(C)C)n1. The van der Waals surface area contributed by atoms with Crippen LogP contribution in [-0.2, 0) is 23.2 Å². The van der Waals surface area contributed by atoms with Gasteiger partial charge < -0.3 is 24.6 Å². The summed E-state index contributed by atoms with van der Waals surface area (Å²) in [6.07, 6.45) is 2.35. The summed E-state index contributed by atoms with van der Waals surface area (Å²) in [7, 11) is 0. The Morgan fingerprint density at radius 3 is 2.81 bits per heavy atom. The molecule has 1 fully saturated rings. The predicted octanol–water partition coefficient (Wildman–Crippen LogP) is 3.49. The molecule has 8 nitrogen and oxygen atoms in total. The van der Waals surface area contributed by atoms with Crippen LogP contribution in [0.4, 0.5) is 0 Å². The second kappa shape index (κ2) is 10.6. The number of rotatable bonds is 8. The molecule has 0 radical (unpaired) electrons. The van der Waals surface area contributed by atoms with E-state index in [4.69, 9.17) is 19.0 Å². The molecular weight excluding hydrogens is 394 g/mol. The summed E-state index contributed by atoms with van der Waals surface area (Å²) >= 11 is 0. The summed E-state index contributed by atoms with van der Waals surface area (Å²) in [5.74, 6) is 2.78. The molecule has 0 bridgehead atoms. The zero-order valence-electron chi connectivity index (χ0n) is 19.3. The number of aliphatic imine (C=N–C) groups is 1. The molecule has 1 aromatic carbocycles. The molecule has 2 heterocycles. The van der Waals surface area contributed by atoms with Gasteiger partial charge in [0.15, 0.2) is 11.8 Å². The highest BCUT2D eigenvalue weighted by molar-refractivity contribution is 5.79. The number of aryl methyl sites for hydroxylation is 1. The monoisotopic (exact) mass is 429 g/mol. The Morgan fingerprint density at radius 1 is 1.29 bits per heavy atom.